The van der Waals surface area contributed by atoms with Crippen molar-refractivity contribution in [3.63, 3.8) is 0 Å². The summed E-state index contributed by atoms with van der Waals surface area (Å²) in [7, 11) is 0.0667. The monoisotopic (exact) mass is 388 g/mol. The molecular formula is C16H28N4O5S. The van der Waals surface area contributed by atoms with Crippen molar-refractivity contribution in [1.29, 1.82) is 0 Å². The highest BCUT2D eigenvalue weighted by atomic mass is 32.3. The van der Waals surface area contributed by atoms with Gasteiger partial charge < -0.3 is 14.4 Å². The molecule has 0 atom stereocenters. The summed E-state index contributed by atoms with van der Waals surface area (Å²) in [6, 6.07) is -0.518. The van der Waals surface area contributed by atoms with Crippen molar-refractivity contribution in [2.75, 3.05) is 33.6 Å². The SMILES string of the molecule is CCOC(=O)S(C)(C(=O)OCC)c1nc(C(C)(C)C)nn1C(=O)N(C)C. The normalized spacial score (nSPS) is 12.5. The second kappa shape index (κ2) is 8.07. The third-order valence-corrected chi connectivity index (χ3v) is 5.93. The van der Waals surface area contributed by atoms with Gasteiger partial charge in [0, 0.05) is 29.5 Å². The van der Waals surface area contributed by atoms with E-state index in [-0.39, 0.29) is 18.4 Å². The van der Waals surface area contributed by atoms with Crippen LogP contribution in [0.25, 0.3) is 0 Å². The van der Waals surface area contributed by atoms with Crippen molar-refractivity contribution < 1.29 is 23.9 Å². The van der Waals surface area contributed by atoms with Crippen molar-refractivity contribution in [3.05, 3.63) is 5.82 Å². The number of rotatable bonds is 3. The van der Waals surface area contributed by atoms with Crippen LogP contribution in [0.2, 0.25) is 0 Å². The molecule has 10 heteroatoms. The fourth-order valence-electron chi connectivity index (χ4n) is 1.88. The highest BCUT2D eigenvalue weighted by Crippen LogP contribution is 2.55. The van der Waals surface area contributed by atoms with E-state index in [9.17, 15) is 14.4 Å². The van der Waals surface area contributed by atoms with Crippen LogP contribution in [0.15, 0.2) is 5.16 Å². The number of hydrogen-bond acceptors (Lipinski definition) is 7. The maximum Gasteiger partial charge on any atom is 0.366 e. The molecule has 1 aromatic heterocycles. The second-order valence-corrected chi connectivity index (χ2v) is 9.71. The van der Waals surface area contributed by atoms with Crippen LogP contribution >= 0.6 is 10.0 Å². The Hall–Kier alpha value is -2.10. The molecule has 0 unspecified atom stereocenters. The Kier molecular flexibility index (Phi) is 6.81. The first-order valence-electron chi connectivity index (χ1n) is 8.22. The van der Waals surface area contributed by atoms with Crippen LogP contribution in [0.1, 0.15) is 40.4 Å². The lowest BCUT2D eigenvalue weighted by molar-refractivity contribution is 0.173. The first-order valence-corrected chi connectivity index (χ1v) is 10.3. The van der Waals surface area contributed by atoms with Crippen LogP contribution in [0, 0.1) is 0 Å². The molecule has 0 saturated carbocycles. The van der Waals surface area contributed by atoms with Gasteiger partial charge >= 0.3 is 16.6 Å². The second-order valence-electron chi connectivity index (χ2n) is 6.84. The van der Waals surface area contributed by atoms with Crippen molar-refractivity contribution in [1.82, 2.24) is 19.7 Å². The Bertz CT molecular complexity index is 675. The minimum atomic E-state index is -3.03. The van der Waals surface area contributed by atoms with Gasteiger partial charge in [-0.1, -0.05) is 20.8 Å². The van der Waals surface area contributed by atoms with Gasteiger partial charge in [-0.2, -0.15) is 4.68 Å². The van der Waals surface area contributed by atoms with Gasteiger partial charge in [0.15, 0.2) is 11.0 Å². The van der Waals surface area contributed by atoms with E-state index in [1.54, 1.807) is 27.9 Å². The molecule has 9 nitrogen and oxygen atoms in total. The van der Waals surface area contributed by atoms with Gasteiger partial charge in [-0.25, -0.2) is 19.4 Å². The zero-order valence-electron chi connectivity index (χ0n) is 16.7. The van der Waals surface area contributed by atoms with Crippen molar-refractivity contribution in [3.8, 4) is 0 Å². The van der Waals surface area contributed by atoms with Crippen molar-refractivity contribution >= 4 is 26.7 Å². The molecule has 0 N–H and O–H groups in total. The molecule has 26 heavy (non-hydrogen) atoms. The van der Waals surface area contributed by atoms with Crippen LogP contribution in [0.5, 0.6) is 0 Å². The average molecular weight is 388 g/mol. The smallest absolute Gasteiger partial charge is 0.366 e. The Balaban J connectivity index is 3.73. The van der Waals surface area contributed by atoms with E-state index in [2.05, 4.69) is 10.1 Å². The topological polar surface area (TPSA) is 104 Å². The summed E-state index contributed by atoms with van der Waals surface area (Å²) in [5.74, 6) is 0.343. The Labute approximate surface area is 155 Å². The summed E-state index contributed by atoms with van der Waals surface area (Å²) in [5, 5.41) is 2.70. The number of ether oxygens (including phenoxy) is 2. The van der Waals surface area contributed by atoms with Crippen LogP contribution in [0.4, 0.5) is 14.4 Å². The predicted molar refractivity (Wildman–Crippen MR) is 99.0 cm³/mol. The average Bonchev–Trinajstić information content (AvgIpc) is 2.99. The lowest BCUT2D eigenvalue weighted by Gasteiger charge is -2.28. The summed E-state index contributed by atoms with van der Waals surface area (Å²) >= 11 is 0. The zero-order valence-corrected chi connectivity index (χ0v) is 17.5. The third-order valence-electron chi connectivity index (χ3n) is 3.37. The Morgan fingerprint density at radius 1 is 1.08 bits per heavy atom. The number of amides is 1. The molecule has 0 aliphatic carbocycles. The third kappa shape index (κ3) is 4.17. The van der Waals surface area contributed by atoms with E-state index in [0.29, 0.717) is 5.82 Å². The molecule has 0 saturated heterocycles. The fourth-order valence-corrected chi connectivity index (χ4v) is 3.76. The van der Waals surface area contributed by atoms with Crippen molar-refractivity contribution in [2.45, 2.75) is 45.2 Å². The minimum Gasteiger partial charge on any atom is -0.458 e. The number of aromatic nitrogens is 3. The molecule has 0 fully saturated rings. The predicted octanol–water partition coefficient (Wildman–Crippen LogP) is 3.21. The quantitative estimate of drug-likeness (QED) is 0.732. The molecule has 0 aliphatic heterocycles. The number of nitrogens with zero attached hydrogens (tertiary/aromatic N) is 4. The first kappa shape index (κ1) is 21.9. The molecule has 148 valence electrons. The van der Waals surface area contributed by atoms with Gasteiger partial charge in [0.25, 0.3) is 0 Å². The largest absolute Gasteiger partial charge is 0.458 e. The van der Waals surface area contributed by atoms with Gasteiger partial charge in [-0.05, 0) is 20.1 Å². The maximum atomic E-state index is 12.7. The van der Waals surface area contributed by atoms with Gasteiger partial charge in [0.2, 0.25) is 0 Å². The van der Waals surface area contributed by atoms with E-state index in [4.69, 9.17) is 9.47 Å². The molecule has 1 heterocycles. The van der Waals surface area contributed by atoms with Gasteiger partial charge in [-0.15, -0.1) is 5.10 Å². The summed E-state index contributed by atoms with van der Waals surface area (Å²) < 4.78 is 11.2. The molecular weight excluding hydrogens is 360 g/mol. The standard InChI is InChI=1S/C16H28N4O5S/c1-9-24-14(22)26(8,15(23)25-10-2)12-17-11(16(3,4)5)18-20(12)13(21)19(6)7/h9-10H2,1-8H3. The fraction of sp³-hybridized carbons (Fsp3) is 0.688. The van der Waals surface area contributed by atoms with E-state index in [1.807, 2.05) is 20.8 Å². The highest BCUT2D eigenvalue weighted by Gasteiger charge is 2.47. The van der Waals surface area contributed by atoms with Gasteiger partial charge in [-0.3, -0.25) is 0 Å². The summed E-state index contributed by atoms with van der Waals surface area (Å²) in [5.41, 5.74) is -0.490. The van der Waals surface area contributed by atoms with E-state index in [0.717, 1.165) is 4.68 Å². The van der Waals surface area contributed by atoms with Crippen LogP contribution < -0.4 is 0 Å². The van der Waals surface area contributed by atoms with Crippen LogP contribution in [0.3, 0.4) is 0 Å². The zero-order chi connectivity index (χ0) is 20.3. The molecule has 0 aliphatic rings. The summed E-state index contributed by atoms with van der Waals surface area (Å²) in [4.78, 5) is 43.7. The number of carbonyl (C=O) groups is 3. The number of hydrogen-bond donors (Lipinski definition) is 0. The molecule has 0 spiro atoms. The molecule has 0 radical (unpaired) electrons. The summed E-state index contributed by atoms with van der Waals surface area (Å²) in [6.45, 7) is 9.07. The first-order chi connectivity index (χ1) is 11.9. The lowest BCUT2D eigenvalue weighted by Crippen LogP contribution is -2.33. The number of carbonyl (C=O) groups excluding carboxylic acids is 3. The van der Waals surface area contributed by atoms with Gasteiger partial charge in [0.1, 0.15) is 0 Å². The highest BCUT2D eigenvalue weighted by molar-refractivity contribution is 8.54. The minimum absolute atomic E-state index is 0.0435. The van der Waals surface area contributed by atoms with Crippen molar-refractivity contribution in [2.24, 2.45) is 0 Å². The van der Waals surface area contributed by atoms with E-state index >= 15 is 0 Å². The molecule has 1 rings (SSSR count). The van der Waals surface area contributed by atoms with Crippen LogP contribution in [-0.4, -0.2) is 69.9 Å². The maximum absolute atomic E-state index is 12.7. The molecule has 0 bridgehead atoms. The molecule has 1 amide bonds. The van der Waals surface area contributed by atoms with E-state index < -0.39 is 32.1 Å². The summed E-state index contributed by atoms with van der Waals surface area (Å²) in [6.07, 6.45) is 1.42. The Morgan fingerprint density at radius 3 is 1.88 bits per heavy atom. The molecule has 1 aromatic rings. The van der Waals surface area contributed by atoms with Crippen LogP contribution in [-0.2, 0) is 14.9 Å². The lowest BCUT2D eigenvalue weighted by atomic mass is 9.96. The van der Waals surface area contributed by atoms with Gasteiger partial charge in [0.05, 0.1) is 13.2 Å². The van der Waals surface area contributed by atoms with E-state index in [1.165, 1.54) is 11.2 Å². The molecule has 0 aromatic carbocycles. The Morgan fingerprint density at radius 2 is 1.54 bits per heavy atom.